The molecule has 0 spiro atoms. The highest BCUT2D eigenvalue weighted by Crippen LogP contribution is 2.29. The lowest BCUT2D eigenvalue weighted by Gasteiger charge is -2.17. The topological polar surface area (TPSA) is 101 Å². The van der Waals surface area contributed by atoms with Gasteiger partial charge < -0.3 is 15.0 Å². The molecule has 1 amide bonds. The monoisotopic (exact) mass is 531 g/mol. The minimum absolute atomic E-state index is 0.0244. The third kappa shape index (κ3) is 5.72. The van der Waals surface area contributed by atoms with Gasteiger partial charge in [0.1, 0.15) is 28.5 Å². The van der Waals surface area contributed by atoms with Gasteiger partial charge in [-0.15, -0.1) is 0 Å². The number of aryl methyl sites for hydroxylation is 1. The average Bonchev–Trinajstić information content (AvgIpc) is 3.34. The fraction of sp³-hybridized carbons (Fsp3) is 0.267. The Kier molecular flexibility index (Phi) is 7.49. The summed E-state index contributed by atoms with van der Waals surface area (Å²) in [5, 5.41) is 13.6. The number of aromatic nitrogens is 2. The normalized spacial score (nSPS) is 15.1. The molecule has 1 atom stereocenters. The quantitative estimate of drug-likeness (QED) is 0.344. The van der Waals surface area contributed by atoms with Gasteiger partial charge in [0.2, 0.25) is 0 Å². The van der Waals surface area contributed by atoms with Crippen LogP contribution in [0, 0.1) is 17.6 Å². The Morgan fingerprint density at radius 2 is 1.67 bits per heavy atom. The lowest BCUT2D eigenvalue weighted by molar-refractivity contribution is -0.120. The molecule has 1 saturated carbocycles. The van der Waals surface area contributed by atoms with E-state index in [1.54, 1.807) is 24.4 Å². The van der Waals surface area contributed by atoms with E-state index in [1.165, 1.54) is 41.0 Å². The van der Waals surface area contributed by atoms with E-state index in [9.17, 15) is 28.3 Å². The van der Waals surface area contributed by atoms with Gasteiger partial charge >= 0.3 is 0 Å². The molecule has 5 rings (SSSR count). The Balaban J connectivity index is 1.51. The average molecular weight is 532 g/mol. The van der Waals surface area contributed by atoms with E-state index in [4.69, 9.17) is 0 Å². The van der Waals surface area contributed by atoms with E-state index >= 15 is 0 Å². The first-order chi connectivity index (χ1) is 18.8. The number of hydrogen-bond acceptors (Lipinski definition) is 5. The molecule has 0 saturated heterocycles. The van der Waals surface area contributed by atoms with Crippen LogP contribution in [-0.4, -0.2) is 26.3 Å². The maximum absolute atomic E-state index is 13.6. The third-order valence-electron chi connectivity index (χ3n) is 7.18. The molecule has 0 radical (unpaired) electrons. The summed E-state index contributed by atoms with van der Waals surface area (Å²) in [4.78, 5) is 43.4. The Bertz CT molecular complexity index is 1600. The van der Waals surface area contributed by atoms with Crippen LogP contribution in [0.3, 0.4) is 0 Å². The molecule has 9 heteroatoms. The maximum Gasteiger partial charge on any atom is 0.267 e. The molecule has 7 nitrogen and oxygen atoms in total. The van der Waals surface area contributed by atoms with Crippen molar-refractivity contribution in [2.24, 2.45) is 5.92 Å². The zero-order valence-corrected chi connectivity index (χ0v) is 21.1. The maximum atomic E-state index is 13.6. The van der Waals surface area contributed by atoms with E-state index in [0.29, 0.717) is 30.3 Å². The summed E-state index contributed by atoms with van der Waals surface area (Å²) in [6.45, 7) is 0.197. The molecule has 200 valence electrons. The molecule has 1 fully saturated rings. The molecule has 2 aromatic carbocycles. The second-order valence-corrected chi connectivity index (χ2v) is 9.85. The molecule has 1 unspecified atom stereocenters. The SMILES string of the molecule is O=C(NCc1ccc(F)cc1)c1c(O)c2ncc(Cc3ccc(F)cc3)cc2n(CCC2CCCC2=O)c1=O. The molecular weight excluding hydrogens is 504 g/mol. The van der Waals surface area contributed by atoms with Crippen molar-refractivity contribution in [1.82, 2.24) is 14.9 Å². The molecule has 39 heavy (non-hydrogen) atoms. The lowest BCUT2D eigenvalue weighted by Crippen LogP contribution is -2.34. The minimum atomic E-state index is -0.786. The van der Waals surface area contributed by atoms with Crippen molar-refractivity contribution in [3.05, 3.63) is 105 Å². The van der Waals surface area contributed by atoms with Gasteiger partial charge in [0.05, 0.1) is 5.52 Å². The standard InChI is InChI=1S/C30H27F2N3O4/c31-22-8-4-18(5-9-22)14-20-15-24-27(33-17-20)28(37)26(29(38)34-16-19-6-10-23(32)11-7-19)30(39)35(24)13-12-21-2-1-3-25(21)36/h4-11,15,17,21,37H,1-3,12-14,16H2,(H,34,38). The molecule has 2 heterocycles. The van der Waals surface area contributed by atoms with E-state index in [2.05, 4.69) is 10.3 Å². The predicted octanol–water partition coefficient (Wildman–Crippen LogP) is 4.66. The molecule has 0 aliphatic heterocycles. The zero-order chi connectivity index (χ0) is 27.5. The molecule has 0 bridgehead atoms. The van der Waals surface area contributed by atoms with Crippen molar-refractivity contribution < 1.29 is 23.5 Å². The van der Waals surface area contributed by atoms with Crippen LogP contribution in [0.5, 0.6) is 5.75 Å². The van der Waals surface area contributed by atoms with Crippen molar-refractivity contribution in [3.63, 3.8) is 0 Å². The fourth-order valence-corrected chi connectivity index (χ4v) is 5.06. The summed E-state index contributed by atoms with van der Waals surface area (Å²) in [6, 6.07) is 13.3. The van der Waals surface area contributed by atoms with Crippen LogP contribution in [0.1, 0.15) is 52.7 Å². The van der Waals surface area contributed by atoms with Gasteiger partial charge in [-0.25, -0.2) is 8.78 Å². The summed E-state index contributed by atoms with van der Waals surface area (Å²) < 4.78 is 28.0. The smallest absolute Gasteiger partial charge is 0.267 e. The number of fused-ring (bicyclic) bond motifs is 1. The molecule has 2 N–H and O–H groups in total. The van der Waals surface area contributed by atoms with Crippen LogP contribution in [0.4, 0.5) is 8.78 Å². The number of halogens is 2. The largest absolute Gasteiger partial charge is 0.505 e. The summed E-state index contributed by atoms with van der Waals surface area (Å²) in [6.07, 6.45) is 4.48. The summed E-state index contributed by atoms with van der Waals surface area (Å²) >= 11 is 0. The number of benzene rings is 2. The number of amides is 1. The molecule has 1 aliphatic rings. The Morgan fingerprint density at radius 3 is 2.31 bits per heavy atom. The number of aromatic hydroxyl groups is 1. The first-order valence-electron chi connectivity index (χ1n) is 12.8. The van der Waals surface area contributed by atoms with Crippen LogP contribution in [0.15, 0.2) is 65.6 Å². The molecular formula is C30H27F2N3O4. The number of hydrogen-bond donors (Lipinski definition) is 2. The van der Waals surface area contributed by atoms with Gasteiger partial charge in [-0.3, -0.25) is 19.4 Å². The zero-order valence-electron chi connectivity index (χ0n) is 21.1. The Morgan fingerprint density at radius 1 is 1.00 bits per heavy atom. The molecule has 4 aromatic rings. The second-order valence-electron chi connectivity index (χ2n) is 9.85. The molecule has 1 aliphatic carbocycles. The number of nitrogens with one attached hydrogen (secondary N) is 1. The van der Waals surface area contributed by atoms with Gasteiger partial charge in [-0.1, -0.05) is 24.3 Å². The van der Waals surface area contributed by atoms with Crippen LogP contribution >= 0.6 is 0 Å². The van der Waals surface area contributed by atoms with Crippen molar-refractivity contribution in [3.8, 4) is 5.75 Å². The number of pyridine rings is 2. The highest BCUT2D eigenvalue weighted by Gasteiger charge is 2.27. The summed E-state index contributed by atoms with van der Waals surface area (Å²) in [5.41, 5.74) is 1.48. The number of ketones is 1. The van der Waals surface area contributed by atoms with Crippen molar-refractivity contribution in [2.75, 3.05) is 0 Å². The highest BCUT2D eigenvalue weighted by atomic mass is 19.1. The van der Waals surface area contributed by atoms with Gasteiger partial charge in [0.15, 0.2) is 5.75 Å². The number of rotatable bonds is 8. The lowest BCUT2D eigenvalue weighted by atomic mass is 10.0. The van der Waals surface area contributed by atoms with Gasteiger partial charge in [0.25, 0.3) is 11.5 Å². The number of carbonyl (C=O) groups is 2. The third-order valence-corrected chi connectivity index (χ3v) is 7.18. The molecule has 2 aromatic heterocycles. The first-order valence-corrected chi connectivity index (χ1v) is 12.8. The number of Topliss-reactive ketones (excluding diaryl/α,β-unsaturated/α-hetero) is 1. The number of carbonyl (C=O) groups excluding carboxylic acids is 2. The summed E-state index contributed by atoms with van der Waals surface area (Å²) in [7, 11) is 0. The fourth-order valence-electron chi connectivity index (χ4n) is 5.06. The van der Waals surface area contributed by atoms with Crippen molar-refractivity contribution in [2.45, 2.75) is 45.2 Å². The second kappa shape index (κ2) is 11.1. The highest BCUT2D eigenvalue weighted by molar-refractivity contribution is 6.01. The Hall–Kier alpha value is -4.40. The van der Waals surface area contributed by atoms with E-state index in [-0.39, 0.29) is 36.1 Å². The van der Waals surface area contributed by atoms with Crippen molar-refractivity contribution in [1.29, 1.82) is 0 Å². The van der Waals surface area contributed by atoms with Crippen LogP contribution in [0.2, 0.25) is 0 Å². The van der Waals surface area contributed by atoms with Crippen LogP contribution in [0.25, 0.3) is 11.0 Å². The van der Waals surface area contributed by atoms with Crippen molar-refractivity contribution >= 4 is 22.7 Å². The Labute approximate surface area is 223 Å². The van der Waals surface area contributed by atoms with Gasteiger partial charge in [-0.2, -0.15) is 0 Å². The predicted molar refractivity (Wildman–Crippen MR) is 141 cm³/mol. The first kappa shape index (κ1) is 26.2. The minimum Gasteiger partial charge on any atom is -0.505 e. The number of nitrogens with zero attached hydrogens (tertiary/aromatic N) is 2. The van der Waals surface area contributed by atoms with Gasteiger partial charge in [0, 0.05) is 31.6 Å². The van der Waals surface area contributed by atoms with E-state index in [1.807, 2.05) is 0 Å². The van der Waals surface area contributed by atoms with Crippen LogP contribution < -0.4 is 10.9 Å². The van der Waals surface area contributed by atoms with E-state index in [0.717, 1.165) is 24.0 Å². The van der Waals surface area contributed by atoms with Crippen LogP contribution in [-0.2, 0) is 24.3 Å². The van der Waals surface area contributed by atoms with Gasteiger partial charge in [-0.05, 0) is 72.7 Å². The summed E-state index contributed by atoms with van der Waals surface area (Å²) in [5.74, 6) is -2.07. The van der Waals surface area contributed by atoms with E-state index < -0.39 is 28.6 Å².